The second-order valence-electron chi connectivity index (χ2n) is 12.4. The first kappa shape index (κ1) is 36.2. The first-order valence-electron chi connectivity index (χ1n) is 15.3. The van der Waals surface area contributed by atoms with Gasteiger partial charge in [0, 0.05) is 43.4 Å². The van der Waals surface area contributed by atoms with Crippen LogP contribution in [0.5, 0.6) is 11.5 Å². The number of anilines is 1. The summed E-state index contributed by atoms with van der Waals surface area (Å²) in [7, 11) is 3.02. The number of carbonyl (C=O) groups is 4. The van der Waals surface area contributed by atoms with Gasteiger partial charge in [0.25, 0.3) is 5.91 Å². The third-order valence-electron chi connectivity index (χ3n) is 8.01. The normalized spacial score (nSPS) is 16.1. The van der Waals surface area contributed by atoms with E-state index in [1.54, 1.807) is 36.1 Å². The van der Waals surface area contributed by atoms with Crippen LogP contribution in [0.4, 0.5) is 18.9 Å². The zero-order valence-electron chi connectivity index (χ0n) is 27.6. The molecule has 15 heteroatoms. The van der Waals surface area contributed by atoms with E-state index in [2.05, 4.69) is 10.1 Å². The number of amides is 1. The van der Waals surface area contributed by atoms with Crippen LogP contribution in [0, 0.1) is 5.41 Å². The van der Waals surface area contributed by atoms with Crippen molar-refractivity contribution in [2.45, 2.75) is 58.4 Å². The van der Waals surface area contributed by atoms with E-state index >= 15 is 0 Å². The molecule has 2 aliphatic rings. The van der Waals surface area contributed by atoms with Crippen molar-refractivity contribution in [1.82, 2.24) is 10.2 Å². The molecular weight excluding hydrogens is 637 g/mol. The van der Waals surface area contributed by atoms with Gasteiger partial charge in [-0.2, -0.15) is 13.2 Å². The summed E-state index contributed by atoms with van der Waals surface area (Å²) in [6, 6.07) is 6.80. The smallest absolute Gasteiger partial charge is 0.491 e. The Balaban J connectivity index is 1.55. The number of methoxy groups -OCH3 is 1. The van der Waals surface area contributed by atoms with Crippen molar-refractivity contribution < 1.29 is 51.3 Å². The van der Waals surface area contributed by atoms with Gasteiger partial charge in [0.05, 0.1) is 37.6 Å². The zero-order valence-corrected chi connectivity index (χ0v) is 27.6. The number of esters is 2. The number of amidine groups is 1. The number of nitrogens with zero attached hydrogens (tertiary/aromatic N) is 2. The lowest BCUT2D eigenvalue weighted by Crippen LogP contribution is -2.31. The topological polar surface area (TPSA) is 148 Å². The van der Waals surface area contributed by atoms with Crippen LogP contribution in [0.25, 0.3) is 0 Å². The van der Waals surface area contributed by atoms with Crippen molar-refractivity contribution in [2.75, 3.05) is 51.9 Å². The average molecular weight is 677 g/mol. The highest BCUT2D eigenvalue weighted by Crippen LogP contribution is 2.42. The third kappa shape index (κ3) is 7.89. The lowest BCUT2D eigenvalue weighted by Gasteiger charge is -2.29. The van der Waals surface area contributed by atoms with E-state index in [9.17, 15) is 32.3 Å². The SMILES string of the molecule is CCOc1cc2c(cc1C(=O)NC)C(=N)N(CC(=O)c1cc(N3CCC(OCC(=O)OC(=O)C(F)(F)F)C3)c(OC)c(C(C)(C)C)c1)C2. The van der Waals surface area contributed by atoms with Gasteiger partial charge in [0.15, 0.2) is 5.78 Å². The molecule has 2 aromatic carbocycles. The van der Waals surface area contributed by atoms with Crippen LogP contribution >= 0.6 is 0 Å². The van der Waals surface area contributed by atoms with Gasteiger partial charge in [-0.15, -0.1) is 0 Å². The molecule has 0 bridgehead atoms. The maximum atomic E-state index is 13.9. The minimum absolute atomic E-state index is 0.103. The van der Waals surface area contributed by atoms with Crippen molar-refractivity contribution in [3.8, 4) is 11.5 Å². The van der Waals surface area contributed by atoms with Gasteiger partial charge in [-0.1, -0.05) is 20.8 Å². The second-order valence-corrected chi connectivity index (χ2v) is 12.4. The van der Waals surface area contributed by atoms with Crippen molar-refractivity contribution in [3.05, 3.63) is 52.1 Å². The molecule has 2 aromatic rings. The molecule has 48 heavy (non-hydrogen) atoms. The summed E-state index contributed by atoms with van der Waals surface area (Å²) in [5.74, 6) is -3.65. The predicted octanol–water partition coefficient (Wildman–Crippen LogP) is 4.00. The standard InChI is InChI=1S/C33H39F3N4O8/c1-7-46-26-12-19-14-40(29(37)21(19)13-22(26)30(43)38-5)16-25(41)18-10-23(32(2,3)4)28(45-6)24(11-18)39-9-8-20(15-39)47-17-27(42)48-31(44)33(34,35)36/h10-13,20,37H,7-9,14-17H2,1-6H3,(H,38,43). The number of halogens is 3. The van der Waals surface area contributed by atoms with E-state index in [0.717, 1.165) is 11.1 Å². The fraction of sp³-hybridized carbons (Fsp3) is 0.485. The molecule has 0 saturated carbocycles. The number of rotatable bonds is 11. The Kier molecular flexibility index (Phi) is 10.7. The number of hydrogen-bond acceptors (Lipinski definition) is 10. The highest BCUT2D eigenvalue weighted by Gasteiger charge is 2.42. The molecule has 1 atom stereocenters. The van der Waals surface area contributed by atoms with E-state index in [0.29, 0.717) is 53.4 Å². The van der Waals surface area contributed by atoms with E-state index in [-0.39, 0.29) is 37.2 Å². The Labute approximate surface area is 275 Å². The van der Waals surface area contributed by atoms with Gasteiger partial charge >= 0.3 is 18.1 Å². The number of hydrogen-bond donors (Lipinski definition) is 2. The highest BCUT2D eigenvalue weighted by molar-refractivity contribution is 6.08. The van der Waals surface area contributed by atoms with Crippen LogP contribution in [0.2, 0.25) is 0 Å². The lowest BCUT2D eigenvalue weighted by molar-refractivity contribution is -0.203. The first-order valence-corrected chi connectivity index (χ1v) is 15.3. The number of carbonyl (C=O) groups excluding carboxylic acids is 4. The maximum Gasteiger partial charge on any atom is 0.491 e. The highest BCUT2D eigenvalue weighted by atomic mass is 19.4. The summed E-state index contributed by atoms with van der Waals surface area (Å²) in [5, 5.41) is 11.4. The average Bonchev–Trinajstić information content (AvgIpc) is 3.61. The van der Waals surface area contributed by atoms with E-state index in [4.69, 9.17) is 19.6 Å². The van der Waals surface area contributed by atoms with E-state index in [1.807, 2.05) is 25.7 Å². The first-order chi connectivity index (χ1) is 22.5. The minimum atomic E-state index is -5.30. The molecule has 0 aliphatic carbocycles. The molecule has 4 rings (SSSR count). The fourth-order valence-electron chi connectivity index (χ4n) is 5.66. The van der Waals surface area contributed by atoms with Gasteiger partial charge in [0.1, 0.15) is 23.9 Å². The molecular formula is C33H39F3N4O8. The molecule has 1 amide bonds. The van der Waals surface area contributed by atoms with Crippen LogP contribution < -0.4 is 19.7 Å². The molecule has 1 unspecified atom stereocenters. The van der Waals surface area contributed by atoms with E-state index in [1.165, 1.54) is 14.2 Å². The Morgan fingerprint density at radius 2 is 1.79 bits per heavy atom. The van der Waals surface area contributed by atoms with Gasteiger partial charge in [-0.05, 0) is 48.6 Å². The van der Waals surface area contributed by atoms with Gasteiger partial charge in [-0.3, -0.25) is 15.0 Å². The number of Topliss-reactive ketones (excluding diaryl/α,β-unsaturated/α-hetero) is 1. The van der Waals surface area contributed by atoms with Gasteiger partial charge in [0.2, 0.25) is 0 Å². The zero-order chi connectivity index (χ0) is 35.6. The second kappa shape index (κ2) is 14.2. The maximum absolute atomic E-state index is 13.9. The Morgan fingerprint density at radius 1 is 1.08 bits per heavy atom. The summed E-state index contributed by atoms with van der Waals surface area (Å²) < 4.78 is 58.0. The number of fused-ring (bicyclic) bond motifs is 1. The number of ether oxygens (including phenoxy) is 4. The quantitative estimate of drug-likeness (QED) is 0.203. The molecule has 2 aliphatic heterocycles. The molecule has 0 spiro atoms. The van der Waals surface area contributed by atoms with Crippen molar-refractivity contribution >= 4 is 35.2 Å². The third-order valence-corrected chi connectivity index (χ3v) is 8.01. The Bertz CT molecular complexity index is 1620. The molecule has 260 valence electrons. The summed E-state index contributed by atoms with van der Waals surface area (Å²) in [6.45, 7) is 8.01. The predicted molar refractivity (Wildman–Crippen MR) is 168 cm³/mol. The summed E-state index contributed by atoms with van der Waals surface area (Å²) >= 11 is 0. The molecule has 1 fully saturated rings. The Hall–Kier alpha value is -4.66. The van der Waals surface area contributed by atoms with Gasteiger partial charge < -0.3 is 34.1 Å². The Morgan fingerprint density at radius 3 is 2.40 bits per heavy atom. The van der Waals surface area contributed by atoms with Crippen LogP contribution in [0.1, 0.15) is 71.5 Å². The van der Waals surface area contributed by atoms with Crippen molar-refractivity contribution in [1.29, 1.82) is 5.41 Å². The lowest BCUT2D eigenvalue weighted by atomic mass is 9.84. The summed E-state index contributed by atoms with van der Waals surface area (Å²) in [4.78, 5) is 52.6. The van der Waals surface area contributed by atoms with E-state index < -0.39 is 36.2 Å². The van der Waals surface area contributed by atoms with Crippen molar-refractivity contribution in [2.24, 2.45) is 0 Å². The molecule has 2 N–H and O–H groups in total. The number of ketones is 1. The minimum Gasteiger partial charge on any atom is -0.494 e. The van der Waals surface area contributed by atoms with Gasteiger partial charge in [-0.25, -0.2) is 9.59 Å². The fourth-order valence-corrected chi connectivity index (χ4v) is 5.66. The molecule has 0 aromatic heterocycles. The molecule has 0 radical (unpaired) electrons. The van der Waals surface area contributed by atoms with Crippen LogP contribution in [-0.4, -0.2) is 93.7 Å². The number of nitrogens with one attached hydrogen (secondary N) is 2. The summed E-state index contributed by atoms with van der Waals surface area (Å²) in [6.07, 6.45) is -5.48. The summed E-state index contributed by atoms with van der Waals surface area (Å²) in [5.41, 5.74) is 2.84. The van der Waals surface area contributed by atoms with Crippen LogP contribution in [-0.2, 0) is 31.0 Å². The van der Waals surface area contributed by atoms with Crippen molar-refractivity contribution in [3.63, 3.8) is 0 Å². The molecule has 12 nitrogen and oxygen atoms in total. The molecule has 2 heterocycles. The number of alkyl halides is 3. The van der Waals surface area contributed by atoms with Crippen LogP contribution in [0.15, 0.2) is 24.3 Å². The monoisotopic (exact) mass is 676 g/mol. The number of benzene rings is 2. The molecule has 1 saturated heterocycles. The largest absolute Gasteiger partial charge is 0.494 e. The van der Waals surface area contributed by atoms with Crippen LogP contribution in [0.3, 0.4) is 0 Å².